The number of hydrogen-bond acceptors (Lipinski definition) is 6. The van der Waals surface area contributed by atoms with Gasteiger partial charge < -0.3 is 26.3 Å². The lowest BCUT2D eigenvalue weighted by molar-refractivity contribution is -0.141. The molecule has 10 nitrogen and oxygen atoms in total. The van der Waals surface area contributed by atoms with Crippen molar-refractivity contribution in [2.45, 2.75) is 69.6 Å². The van der Waals surface area contributed by atoms with E-state index in [4.69, 9.17) is 16.0 Å². The average Bonchev–Trinajstić information content (AvgIpc) is 3.28. The average molecular weight is 496 g/mol. The number of benzene rings is 1. The number of nitrogens with zero attached hydrogens (tertiary/aromatic N) is 1. The van der Waals surface area contributed by atoms with Gasteiger partial charge in [0.1, 0.15) is 18.0 Å². The van der Waals surface area contributed by atoms with Crippen LogP contribution in [0.4, 0.5) is 0 Å². The number of carbonyl (C=O) groups is 3. The zero-order chi connectivity index (χ0) is 25.4. The summed E-state index contributed by atoms with van der Waals surface area (Å²) in [6, 6.07) is 5.96. The van der Waals surface area contributed by atoms with Crippen LogP contribution in [0.25, 0.3) is 0 Å². The predicted octanol–water partition coefficient (Wildman–Crippen LogP) is 1.75. The van der Waals surface area contributed by atoms with Crippen LogP contribution < -0.4 is 16.4 Å². The normalized spacial score (nSPS) is 30.7. The number of oxime groups is 1. The third-order valence-electron chi connectivity index (χ3n) is 8.24. The van der Waals surface area contributed by atoms with Crippen molar-refractivity contribution in [2.75, 3.05) is 0 Å². The van der Waals surface area contributed by atoms with E-state index in [0.717, 1.165) is 43.1 Å². The molecule has 4 bridgehead atoms. The first-order chi connectivity index (χ1) is 17.2. The van der Waals surface area contributed by atoms with Crippen LogP contribution in [-0.2, 0) is 19.2 Å². The monoisotopic (exact) mass is 495 g/mol. The number of amides is 2. The molecule has 2 amide bonds. The molecule has 1 aromatic rings. The van der Waals surface area contributed by atoms with E-state index in [-0.39, 0.29) is 18.3 Å². The minimum atomic E-state index is -1.14. The standard InChI is InChI=1S/C26H33N5O5/c27-25(28)16-3-1-15(2-4-16)20-10-19(36-31-20)11-22(32)29-21(12-23(33)34)26(35)30-24-17-6-13-5-14(8-17)9-18(24)7-13/h1-4,13-14,17-19,21,24H,5-12H2,(H3,27,28)(H,29,32)(H,30,35)(H,33,34)/t13?,14?,17?,18?,19?,21-,24?/m0/s1. The van der Waals surface area contributed by atoms with Crippen LogP contribution in [0, 0.1) is 29.1 Å². The van der Waals surface area contributed by atoms with Crippen LogP contribution in [0.1, 0.15) is 62.5 Å². The highest BCUT2D eigenvalue weighted by atomic mass is 16.6. The van der Waals surface area contributed by atoms with Gasteiger partial charge in [-0.05, 0) is 61.3 Å². The van der Waals surface area contributed by atoms with Gasteiger partial charge in [0.15, 0.2) is 0 Å². The summed E-state index contributed by atoms with van der Waals surface area (Å²) in [5.74, 6) is 0.410. The van der Waals surface area contributed by atoms with E-state index >= 15 is 0 Å². The van der Waals surface area contributed by atoms with E-state index in [1.54, 1.807) is 24.3 Å². The predicted molar refractivity (Wildman–Crippen MR) is 131 cm³/mol. The highest BCUT2D eigenvalue weighted by molar-refractivity contribution is 6.03. The van der Waals surface area contributed by atoms with Gasteiger partial charge in [-0.15, -0.1) is 0 Å². The molecule has 36 heavy (non-hydrogen) atoms. The number of carbonyl (C=O) groups excluding carboxylic acids is 2. The number of aliphatic carboxylic acids is 1. The molecular weight excluding hydrogens is 462 g/mol. The first-order valence-corrected chi connectivity index (χ1v) is 12.7. The Morgan fingerprint density at radius 1 is 1.08 bits per heavy atom. The van der Waals surface area contributed by atoms with Gasteiger partial charge >= 0.3 is 5.97 Å². The minimum Gasteiger partial charge on any atom is -0.481 e. The van der Waals surface area contributed by atoms with Gasteiger partial charge in [-0.25, -0.2) is 0 Å². The van der Waals surface area contributed by atoms with Gasteiger partial charge in [0, 0.05) is 18.0 Å². The van der Waals surface area contributed by atoms with Gasteiger partial charge in [0.05, 0.1) is 18.6 Å². The maximum Gasteiger partial charge on any atom is 0.305 e. The summed E-state index contributed by atoms with van der Waals surface area (Å²) in [7, 11) is 0. The molecule has 0 spiro atoms. The van der Waals surface area contributed by atoms with Crippen molar-refractivity contribution < 1.29 is 24.3 Å². The number of rotatable bonds is 9. The molecule has 1 unspecified atom stereocenters. The molecule has 4 saturated carbocycles. The van der Waals surface area contributed by atoms with E-state index < -0.39 is 36.4 Å². The summed E-state index contributed by atoms with van der Waals surface area (Å²) in [6.45, 7) is 0. The second-order valence-electron chi connectivity index (χ2n) is 10.8. The van der Waals surface area contributed by atoms with Gasteiger partial charge in [-0.2, -0.15) is 0 Å². The first kappa shape index (κ1) is 24.3. The number of nitrogens with one attached hydrogen (secondary N) is 3. The van der Waals surface area contributed by atoms with Crippen LogP contribution in [0.3, 0.4) is 0 Å². The number of nitrogen functional groups attached to an aromatic ring is 1. The van der Waals surface area contributed by atoms with Gasteiger partial charge in [-0.1, -0.05) is 29.4 Å². The minimum absolute atomic E-state index is 0.0241. The highest BCUT2D eigenvalue weighted by Gasteiger charge is 2.49. The quantitative estimate of drug-likeness (QED) is 0.258. The smallest absolute Gasteiger partial charge is 0.305 e. The molecule has 6 N–H and O–H groups in total. The fourth-order valence-corrected chi connectivity index (χ4v) is 6.82. The molecule has 0 saturated heterocycles. The molecule has 4 aliphatic carbocycles. The Morgan fingerprint density at radius 2 is 1.72 bits per heavy atom. The molecule has 4 fully saturated rings. The summed E-state index contributed by atoms with van der Waals surface area (Å²) in [5.41, 5.74) is 7.57. The molecule has 1 heterocycles. The Balaban J connectivity index is 1.15. The van der Waals surface area contributed by atoms with Crippen LogP contribution in [0.5, 0.6) is 0 Å². The Morgan fingerprint density at radius 3 is 2.31 bits per heavy atom. The van der Waals surface area contributed by atoms with Crippen molar-refractivity contribution in [1.29, 1.82) is 5.41 Å². The van der Waals surface area contributed by atoms with Crippen molar-refractivity contribution in [3.8, 4) is 0 Å². The van der Waals surface area contributed by atoms with Crippen molar-refractivity contribution in [3.63, 3.8) is 0 Å². The molecule has 10 heteroatoms. The Labute approximate surface area is 209 Å². The number of carboxylic acid groups (broad SMARTS) is 1. The van der Waals surface area contributed by atoms with Crippen LogP contribution in [-0.4, -0.2) is 52.6 Å². The largest absolute Gasteiger partial charge is 0.481 e. The number of hydrogen-bond donors (Lipinski definition) is 5. The lowest BCUT2D eigenvalue weighted by atomic mass is 9.54. The molecule has 1 aromatic carbocycles. The Kier molecular flexibility index (Phi) is 6.68. The lowest BCUT2D eigenvalue weighted by Crippen LogP contribution is -2.59. The highest BCUT2D eigenvalue weighted by Crippen LogP contribution is 2.53. The fraction of sp³-hybridized carbons (Fsp3) is 0.577. The maximum atomic E-state index is 13.1. The van der Waals surface area contributed by atoms with Crippen molar-refractivity contribution in [2.24, 2.45) is 34.6 Å². The molecule has 192 valence electrons. The third-order valence-corrected chi connectivity index (χ3v) is 8.24. The van der Waals surface area contributed by atoms with E-state index in [1.165, 1.54) is 6.42 Å². The van der Waals surface area contributed by atoms with Crippen molar-refractivity contribution >= 4 is 29.3 Å². The Bertz CT molecular complexity index is 1060. The molecule has 5 aliphatic rings. The van der Waals surface area contributed by atoms with Crippen molar-refractivity contribution in [3.05, 3.63) is 35.4 Å². The van der Waals surface area contributed by atoms with Gasteiger partial charge in [-0.3, -0.25) is 19.8 Å². The van der Waals surface area contributed by atoms with E-state index in [9.17, 15) is 19.5 Å². The van der Waals surface area contributed by atoms with Gasteiger partial charge in [0.25, 0.3) is 0 Å². The summed E-state index contributed by atoms with van der Waals surface area (Å²) in [6.07, 6.45) is 5.21. The second kappa shape index (κ2) is 9.91. The summed E-state index contributed by atoms with van der Waals surface area (Å²) < 4.78 is 0. The molecule has 0 aromatic heterocycles. The van der Waals surface area contributed by atoms with Gasteiger partial charge in [0.2, 0.25) is 11.8 Å². The topological polar surface area (TPSA) is 167 Å². The fourth-order valence-electron chi connectivity index (χ4n) is 6.82. The van der Waals surface area contributed by atoms with E-state index in [2.05, 4.69) is 15.8 Å². The molecule has 0 radical (unpaired) electrons. The first-order valence-electron chi connectivity index (χ1n) is 12.7. The number of nitrogens with two attached hydrogens (primary N) is 1. The van der Waals surface area contributed by atoms with Crippen LogP contribution in [0.15, 0.2) is 29.4 Å². The SMILES string of the molecule is N=C(N)c1ccc(C2=NOC(CC(=O)N[C@@H](CC(=O)O)C(=O)NC3C4CC5CC(C4)CC3C5)C2)cc1. The van der Waals surface area contributed by atoms with E-state index in [0.29, 0.717) is 29.5 Å². The van der Waals surface area contributed by atoms with E-state index in [1.807, 2.05) is 0 Å². The number of amidine groups is 1. The molecule has 2 atom stereocenters. The summed E-state index contributed by atoms with van der Waals surface area (Å²) in [4.78, 5) is 42.7. The summed E-state index contributed by atoms with van der Waals surface area (Å²) in [5, 5.41) is 26.6. The lowest BCUT2D eigenvalue weighted by Gasteiger charge is -2.54. The third kappa shape index (κ3) is 5.22. The zero-order valence-electron chi connectivity index (χ0n) is 20.1. The number of carboxylic acids is 1. The zero-order valence-corrected chi connectivity index (χ0v) is 20.1. The maximum absolute atomic E-state index is 13.1. The van der Waals surface area contributed by atoms with Crippen LogP contribution >= 0.6 is 0 Å². The van der Waals surface area contributed by atoms with Crippen LogP contribution in [0.2, 0.25) is 0 Å². The Hall–Kier alpha value is -3.43. The molecule has 6 rings (SSSR count). The molecular formula is C26H33N5O5. The summed E-state index contributed by atoms with van der Waals surface area (Å²) >= 11 is 0. The van der Waals surface area contributed by atoms with Crippen molar-refractivity contribution in [1.82, 2.24) is 10.6 Å². The second-order valence-corrected chi connectivity index (χ2v) is 10.8. The molecule has 1 aliphatic heterocycles.